The van der Waals surface area contributed by atoms with Crippen LogP contribution in [-0.4, -0.2) is 8.42 Å². The molecule has 0 unspecified atom stereocenters. The second kappa shape index (κ2) is 5.69. The average Bonchev–Trinajstić information content (AvgIpc) is 2.83. The van der Waals surface area contributed by atoms with Crippen molar-refractivity contribution in [2.24, 2.45) is 0 Å². The Morgan fingerprint density at radius 1 is 1.17 bits per heavy atom. The van der Waals surface area contributed by atoms with E-state index in [0.29, 0.717) is 5.76 Å². The zero-order chi connectivity index (χ0) is 13.0. The minimum atomic E-state index is -3.35. The lowest BCUT2D eigenvalue weighted by Crippen LogP contribution is -2.24. The van der Waals surface area contributed by atoms with Crippen molar-refractivity contribution < 1.29 is 12.8 Å². The number of benzene rings is 1. The van der Waals surface area contributed by atoms with E-state index in [4.69, 9.17) is 4.42 Å². The van der Waals surface area contributed by atoms with Crippen molar-refractivity contribution in [2.75, 3.05) is 0 Å². The number of hydrogen-bond acceptors (Lipinski definition) is 3. The Balaban J connectivity index is 1.97. The van der Waals surface area contributed by atoms with E-state index in [1.54, 1.807) is 24.3 Å². The largest absolute Gasteiger partial charge is 0.468 e. The van der Waals surface area contributed by atoms with E-state index in [1.165, 1.54) is 6.26 Å². The van der Waals surface area contributed by atoms with E-state index in [9.17, 15) is 8.42 Å². The maximum atomic E-state index is 11.8. The van der Waals surface area contributed by atoms with Crippen LogP contribution in [-0.2, 0) is 22.3 Å². The van der Waals surface area contributed by atoms with E-state index in [2.05, 4.69) is 20.7 Å². The molecule has 1 aromatic heterocycles. The SMILES string of the molecule is O=S(=O)(Cc1ccc(Br)cc1)NCc1ccco1. The van der Waals surface area contributed by atoms with Gasteiger partial charge in [-0.15, -0.1) is 0 Å². The molecule has 0 radical (unpaired) electrons. The Kier molecular flexibility index (Phi) is 4.21. The van der Waals surface area contributed by atoms with Crippen LogP contribution >= 0.6 is 15.9 Å². The quantitative estimate of drug-likeness (QED) is 0.917. The summed E-state index contributed by atoms with van der Waals surface area (Å²) in [5, 5.41) is 0. The molecule has 1 heterocycles. The van der Waals surface area contributed by atoms with Gasteiger partial charge >= 0.3 is 0 Å². The van der Waals surface area contributed by atoms with Crippen LogP contribution in [0.4, 0.5) is 0 Å². The highest BCUT2D eigenvalue weighted by Gasteiger charge is 2.11. The summed E-state index contributed by atoms with van der Waals surface area (Å²) in [4.78, 5) is 0. The average molecular weight is 330 g/mol. The zero-order valence-electron chi connectivity index (χ0n) is 9.47. The molecule has 0 aliphatic heterocycles. The van der Waals surface area contributed by atoms with E-state index in [0.717, 1.165) is 10.0 Å². The van der Waals surface area contributed by atoms with E-state index in [1.807, 2.05) is 12.1 Å². The number of hydrogen-bond donors (Lipinski definition) is 1. The van der Waals surface area contributed by atoms with Crippen molar-refractivity contribution in [2.45, 2.75) is 12.3 Å². The van der Waals surface area contributed by atoms with Gasteiger partial charge in [0.2, 0.25) is 10.0 Å². The van der Waals surface area contributed by atoms with E-state index < -0.39 is 10.0 Å². The van der Waals surface area contributed by atoms with Crippen LogP contribution in [0, 0.1) is 0 Å². The summed E-state index contributed by atoms with van der Waals surface area (Å²) < 4.78 is 32.1. The zero-order valence-corrected chi connectivity index (χ0v) is 11.9. The van der Waals surface area contributed by atoms with Crippen molar-refractivity contribution in [3.05, 3.63) is 58.5 Å². The lowest BCUT2D eigenvalue weighted by Gasteiger charge is -2.05. The van der Waals surface area contributed by atoms with Gasteiger partial charge in [-0.3, -0.25) is 0 Å². The number of halogens is 1. The maximum absolute atomic E-state index is 11.8. The Morgan fingerprint density at radius 2 is 1.89 bits per heavy atom. The van der Waals surface area contributed by atoms with Crippen LogP contribution in [0.25, 0.3) is 0 Å². The molecule has 1 aromatic carbocycles. The second-order valence-electron chi connectivity index (χ2n) is 3.79. The second-order valence-corrected chi connectivity index (χ2v) is 6.51. The highest BCUT2D eigenvalue weighted by molar-refractivity contribution is 9.10. The third-order valence-corrected chi connectivity index (χ3v) is 4.14. The molecule has 96 valence electrons. The van der Waals surface area contributed by atoms with Crippen LogP contribution < -0.4 is 4.72 Å². The minimum absolute atomic E-state index is 0.0407. The summed E-state index contributed by atoms with van der Waals surface area (Å²) in [5.74, 6) is 0.551. The number of rotatable bonds is 5. The Bertz CT molecular complexity index is 591. The van der Waals surface area contributed by atoms with Crippen LogP contribution in [0.15, 0.2) is 51.6 Å². The predicted molar refractivity (Wildman–Crippen MR) is 72.3 cm³/mol. The molecule has 4 nitrogen and oxygen atoms in total. The summed E-state index contributed by atoms with van der Waals surface area (Å²) >= 11 is 3.30. The molecule has 2 rings (SSSR count). The summed E-state index contributed by atoms with van der Waals surface area (Å²) in [6, 6.07) is 10.6. The maximum Gasteiger partial charge on any atom is 0.216 e. The summed E-state index contributed by atoms with van der Waals surface area (Å²) in [6.45, 7) is 0.172. The standard InChI is InChI=1S/C12H12BrNO3S/c13-11-5-3-10(4-6-11)9-18(15,16)14-8-12-2-1-7-17-12/h1-7,14H,8-9H2. The number of nitrogens with one attached hydrogen (secondary N) is 1. The molecule has 0 aliphatic carbocycles. The molecule has 0 amide bonds. The van der Waals surface area contributed by atoms with Crippen molar-refractivity contribution in [1.82, 2.24) is 4.72 Å². The monoisotopic (exact) mass is 329 g/mol. The molecular weight excluding hydrogens is 318 g/mol. The summed E-state index contributed by atoms with van der Waals surface area (Å²) in [6.07, 6.45) is 1.51. The summed E-state index contributed by atoms with van der Waals surface area (Å²) in [5.41, 5.74) is 0.741. The van der Waals surface area contributed by atoms with Gasteiger partial charge in [-0.25, -0.2) is 13.1 Å². The minimum Gasteiger partial charge on any atom is -0.468 e. The molecule has 0 saturated heterocycles. The van der Waals surface area contributed by atoms with Crippen molar-refractivity contribution >= 4 is 26.0 Å². The Hall–Kier alpha value is -1.11. The first-order valence-corrected chi connectivity index (χ1v) is 7.74. The van der Waals surface area contributed by atoms with Crippen molar-refractivity contribution in [3.63, 3.8) is 0 Å². The van der Waals surface area contributed by atoms with E-state index >= 15 is 0 Å². The van der Waals surface area contributed by atoms with Gasteiger partial charge in [0, 0.05) is 4.47 Å². The van der Waals surface area contributed by atoms with Gasteiger partial charge in [0.1, 0.15) is 5.76 Å². The Morgan fingerprint density at radius 3 is 2.50 bits per heavy atom. The fourth-order valence-corrected chi connectivity index (χ4v) is 2.81. The van der Waals surface area contributed by atoms with Crippen molar-refractivity contribution in [3.8, 4) is 0 Å². The number of furan rings is 1. The molecule has 6 heteroatoms. The van der Waals surface area contributed by atoms with Crippen LogP contribution in [0.3, 0.4) is 0 Å². The molecule has 0 saturated carbocycles. The first-order chi connectivity index (χ1) is 8.55. The first-order valence-electron chi connectivity index (χ1n) is 5.29. The first kappa shape index (κ1) is 13.3. The third-order valence-electron chi connectivity index (χ3n) is 2.32. The number of sulfonamides is 1. The van der Waals surface area contributed by atoms with Crippen LogP contribution in [0.5, 0.6) is 0 Å². The van der Waals surface area contributed by atoms with Gasteiger partial charge in [0.15, 0.2) is 0 Å². The smallest absolute Gasteiger partial charge is 0.216 e. The van der Waals surface area contributed by atoms with Gasteiger partial charge in [0.25, 0.3) is 0 Å². The molecule has 0 aliphatic rings. The van der Waals surface area contributed by atoms with E-state index in [-0.39, 0.29) is 12.3 Å². The normalized spacial score (nSPS) is 11.6. The highest BCUT2D eigenvalue weighted by atomic mass is 79.9. The molecule has 0 spiro atoms. The fourth-order valence-electron chi connectivity index (χ4n) is 1.45. The van der Waals surface area contributed by atoms with Gasteiger partial charge < -0.3 is 4.42 Å². The third kappa shape index (κ3) is 3.97. The highest BCUT2D eigenvalue weighted by Crippen LogP contribution is 2.12. The van der Waals surface area contributed by atoms with Crippen molar-refractivity contribution in [1.29, 1.82) is 0 Å². The molecule has 1 N–H and O–H groups in total. The molecule has 0 atom stereocenters. The molecule has 18 heavy (non-hydrogen) atoms. The lowest BCUT2D eigenvalue weighted by atomic mass is 10.2. The lowest BCUT2D eigenvalue weighted by molar-refractivity contribution is 0.498. The molecular formula is C12H12BrNO3S. The topological polar surface area (TPSA) is 59.3 Å². The molecule has 2 aromatic rings. The predicted octanol–water partition coefficient (Wildman–Crippen LogP) is 2.66. The van der Waals surface area contributed by atoms with Gasteiger partial charge in [-0.2, -0.15) is 0 Å². The summed E-state index contributed by atoms with van der Waals surface area (Å²) in [7, 11) is -3.35. The fraction of sp³-hybridized carbons (Fsp3) is 0.167. The van der Waals surface area contributed by atoms with Gasteiger partial charge in [-0.05, 0) is 29.8 Å². The Labute approximate surface area is 114 Å². The molecule has 0 bridgehead atoms. The van der Waals surface area contributed by atoms with Crippen LogP contribution in [0.1, 0.15) is 11.3 Å². The van der Waals surface area contributed by atoms with Gasteiger partial charge in [-0.1, -0.05) is 28.1 Å². The van der Waals surface area contributed by atoms with Crippen LogP contribution in [0.2, 0.25) is 0 Å². The molecule has 0 fully saturated rings. The van der Waals surface area contributed by atoms with Gasteiger partial charge in [0.05, 0.1) is 18.6 Å².